The number of likely N-dealkylation sites (tertiary alicyclic amines) is 2. The predicted octanol–water partition coefficient (Wildman–Crippen LogP) is 6.51. The molecular formula is C42H58F2N4O4. The Bertz CT molecular complexity index is 1490. The number of aryl methyl sites for hydroxylation is 2. The van der Waals surface area contributed by atoms with Crippen molar-refractivity contribution in [3.63, 3.8) is 0 Å². The van der Waals surface area contributed by atoms with Gasteiger partial charge in [-0.2, -0.15) is 0 Å². The Kier molecular flexibility index (Phi) is 10.9. The maximum atomic E-state index is 13.8. The molecule has 4 saturated heterocycles. The number of piperidine rings is 2. The quantitative estimate of drug-likeness (QED) is 0.375. The molecule has 52 heavy (non-hydrogen) atoms. The average molecular weight is 721 g/mol. The van der Waals surface area contributed by atoms with E-state index < -0.39 is 0 Å². The van der Waals surface area contributed by atoms with E-state index >= 15 is 0 Å². The van der Waals surface area contributed by atoms with E-state index in [2.05, 4.69) is 19.6 Å². The number of hydrogen-bond donors (Lipinski definition) is 2. The highest BCUT2D eigenvalue weighted by atomic mass is 19.1. The van der Waals surface area contributed by atoms with Crippen LogP contribution in [-0.2, 0) is 9.59 Å². The molecule has 2 spiro atoms. The molecule has 8 nitrogen and oxygen atoms in total. The summed E-state index contributed by atoms with van der Waals surface area (Å²) in [7, 11) is 0. The van der Waals surface area contributed by atoms with Crippen LogP contribution in [0.4, 0.5) is 20.2 Å². The Morgan fingerprint density at radius 2 is 0.962 bits per heavy atom. The van der Waals surface area contributed by atoms with E-state index in [0.717, 1.165) is 139 Å². The van der Waals surface area contributed by atoms with E-state index in [-0.39, 0.29) is 58.6 Å². The average Bonchev–Trinajstić information content (AvgIpc) is 3.62. The molecule has 0 radical (unpaired) electrons. The standard InChI is InChI=1S/2C21H29FN2O2/c2*1-15-3-4-16(22)13-19(15)23-11-2-9-21(14-23)10-12-24(20(21)26)17-5-7-18(25)8-6-17/h2*3-4,13,17-18,25H,2,5-12,14H2,1H3/t2*17?,18?,21-/m11/s1. The van der Waals surface area contributed by atoms with Crippen LogP contribution in [0.5, 0.6) is 0 Å². The molecule has 284 valence electrons. The molecule has 0 bridgehead atoms. The van der Waals surface area contributed by atoms with Crippen LogP contribution in [0.1, 0.15) is 101 Å². The van der Waals surface area contributed by atoms with Crippen molar-refractivity contribution in [3.8, 4) is 0 Å². The smallest absolute Gasteiger partial charge is 0.230 e. The van der Waals surface area contributed by atoms with E-state index in [1.54, 1.807) is 12.1 Å². The van der Waals surface area contributed by atoms with Crippen molar-refractivity contribution >= 4 is 23.2 Å². The highest BCUT2D eigenvalue weighted by molar-refractivity contribution is 5.87. The number of aliphatic hydroxyl groups is 2. The summed E-state index contributed by atoms with van der Waals surface area (Å²) in [6, 6.07) is 10.4. The first-order valence-corrected chi connectivity index (χ1v) is 20.0. The molecule has 4 aliphatic heterocycles. The summed E-state index contributed by atoms with van der Waals surface area (Å²) in [5.41, 5.74) is 3.35. The third-order valence-corrected chi connectivity index (χ3v) is 13.5. The number of anilines is 2. The molecular weight excluding hydrogens is 662 g/mol. The van der Waals surface area contributed by atoms with Gasteiger partial charge in [-0.05, 0) is 139 Å². The number of amides is 2. The van der Waals surface area contributed by atoms with Gasteiger partial charge in [0.25, 0.3) is 0 Å². The van der Waals surface area contributed by atoms with Gasteiger partial charge in [0.15, 0.2) is 0 Å². The van der Waals surface area contributed by atoms with E-state index in [0.29, 0.717) is 13.1 Å². The third kappa shape index (κ3) is 7.43. The van der Waals surface area contributed by atoms with E-state index in [9.17, 15) is 28.6 Å². The van der Waals surface area contributed by atoms with Gasteiger partial charge in [0.05, 0.1) is 23.0 Å². The summed E-state index contributed by atoms with van der Waals surface area (Å²) in [5, 5.41) is 19.5. The zero-order valence-electron chi connectivity index (χ0n) is 31.2. The maximum absolute atomic E-state index is 13.8. The molecule has 2 saturated carbocycles. The molecule has 2 aromatic carbocycles. The lowest BCUT2D eigenvalue weighted by molar-refractivity contribution is -0.140. The van der Waals surface area contributed by atoms with Gasteiger partial charge >= 0.3 is 0 Å². The summed E-state index contributed by atoms with van der Waals surface area (Å²) in [5.74, 6) is 0.144. The number of benzene rings is 2. The third-order valence-electron chi connectivity index (χ3n) is 13.5. The second-order valence-electron chi connectivity index (χ2n) is 16.9. The lowest BCUT2D eigenvalue weighted by Gasteiger charge is -2.42. The summed E-state index contributed by atoms with van der Waals surface area (Å²) >= 11 is 0. The van der Waals surface area contributed by atoms with Crippen LogP contribution < -0.4 is 9.80 Å². The summed E-state index contributed by atoms with van der Waals surface area (Å²) < 4.78 is 27.5. The predicted molar refractivity (Wildman–Crippen MR) is 199 cm³/mol. The topological polar surface area (TPSA) is 87.6 Å². The number of carbonyl (C=O) groups excluding carboxylic acids is 2. The van der Waals surface area contributed by atoms with Crippen molar-refractivity contribution in [1.29, 1.82) is 0 Å². The van der Waals surface area contributed by atoms with Crippen LogP contribution in [0.2, 0.25) is 0 Å². The van der Waals surface area contributed by atoms with Crippen LogP contribution in [-0.4, -0.2) is 95.4 Å². The number of carbonyl (C=O) groups is 2. The van der Waals surface area contributed by atoms with Gasteiger partial charge in [-0.3, -0.25) is 9.59 Å². The van der Waals surface area contributed by atoms with E-state index in [1.807, 2.05) is 26.0 Å². The molecule has 6 aliphatic rings. The first-order valence-electron chi connectivity index (χ1n) is 20.0. The van der Waals surface area contributed by atoms with Gasteiger partial charge in [0.1, 0.15) is 11.6 Å². The summed E-state index contributed by atoms with van der Waals surface area (Å²) in [6.07, 6.45) is 12.1. The SMILES string of the molecule is Cc1ccc(F)cc1N1CCC[C@@]2(CCN(C3CCC(O)CC3)C2=O)C1.Cc1ccc(F)cc1N1CCC[C@@]2(CCN(C3CCC(O)CC3)C2=O)C1. The van der Waals surface area contributed by atoms with Gasteiger partial charge in [0, 0.05) is 62.7 Å². The molecule has 2 amide bonds. The number of halogens is 2. The fraction of sp³-hybridized carbons (Fsp3) is 0.667. The van der Waals surface area contributed by atoms with Crippen molar-refractivity contribution in [2.45, 2.75) is 128 Å². The molecule has 2 N–H and O–H groups in total. The van der Waals surface area contributed by atoms with Crippen LogP contribution in [0.25, 0.3) is 0 Å². The Morgan fingerprint density at radius 1 is 0.577 bits per heavy atom. The summed E-state index contributed by atoms with van der Waals surface area (Å²) in [4.78, 5) is 35.3. The lowest BCUT2D eigenvalue weighted by Crippen LogP contribution is -2.50. The number of nitrogens with zero attached hydrogens (tertiary/aromatic N) is 4. The molecule has 8 rings (SSSR count). The van der Waals surface area contributed by atoms with Crippen LogP contribution >= 0.6 is 0 Å². The van der Waals surface area contributed by atoms with Crippen molar-refractivity contribution in [2.24, 2.45) is 10.8 Å². The molecule has 2 aliphatic carbocycles. The van der Waals surface area contributed by atoms with Crippen molar-refractivity contribution in [3.05, 3.63) is 59.2 Å². The molecule has 2 atom stereocenters. The van der Waals surface area contributed by atoms with E-state index in [1.165, 1.54) is 12.1 Å². The van der Waals surface area contributed by atoms with Gasteiger partial charge in [-0.15, -0.1) is 0 Å². The molecule has 4 heterocycles. The minimum absolute atomic E-state index is 0.195. The minimum atomic E-state index is -0.312. The van der Waals surface area contributed by atoms with E-state index in [4.69, 9.17) is 0 Å². The van der Waals surface area contributed by atoms with Crippen molar-refractivity contribution in [1.82, 2.24) is 9.80 Å². The lowest BCUT2D eigenvalue weighted by atomic mass is 9.78. The number of aliphatic hydroxyl groups excluding tert-OH is 2. The molecule has 6 fully saturated rings. The second kappa shape index (κ2) is 15.2. The molecule has 10 heteroatoms. The monoisotopic (exact) mass is 720 g/mol. The Labute approximate surface area is 308 Å². The second-order valence-corrected chi connectivity index (χ2v) is 16.9. The van der Waals surface area contributed by atoms with Gasteiger partial charge < -0.3 is 29.8 Å². The first-order chi connectivity index (χ1) is 25.0. The Morgan fingerprint density at radius 3 is 1.35 bits per heavy atom. The van der Waals surface area contributed by atoms with Gasteiger partial charge in [-0.1, -0.05) is 12.1 Å². The maximum Gasteiger partial charge on any atom is 0.230 e. The van der Waals surface area contributed by atoms with Crippen LogP contribution in [0.3, 0.4) is 0 Å². The summed E-state index contributed by atoms with van der Waals surface area (Å²) in [6.45, 7) is 8.83. The Balaban J connectivity index is 0.000000162. The fourth-order valence-electron chi connectivity index (χ4n) is 10.4. The Hall–Kier alpha value is -3.24. The van der Waals surface area contributed by atoms with Crippen molar-refractivity contribution < 1.29 is 28.6 Å². The molecule has 0 aromatic heterocycles. The molecule has 2 aromatic rings. The largest absolute Gasteiger partial charge is 0.393 e. The highest BCUT2D eigenvalue weighted by Crippen LogP contribution is 2.45. The number of hydrogen-bond acceptors (Lipinski definition) is 6. The zero-order chi connectivity index (χ0) is 36.6. The minimum Gasteiger partial charge on any atom is -0.393 e. The highest BCUT2D eigenvalue weighted by Gasteiger charge is 2.52. The first kappa shape index (κ1) is 37.1. The zero-order valence-corrected chi connectivity index (χ0v) is 31.2. The van der Waals surface area contributed by atoms with Gasteiger partial charge in [0.2, 0.25) is 11.8 Å². The normalized spacial score (nSPS) is 32.5. The van der Waals surface area contributed by atoms with Crippen LogP contribution in [0.15, 0.2) is 36.4 Å². The fourth-order valence-corrected chi connectivity index (χ4v) is 10.4. The van der Waals surface area contributed by atoms with Crippen molar-refractivity contribution in [2.75, 3.05) is 49.1 Å². The van der Waals surface area contributed by atoms with Gasteiger partial charge in [-0.25, -0.2) is 8.78 Å². The number of rotatable bonds is 4. The van der Waals surface area contributed by atoms with Crippen LogP contribution in [0, 0.1) is 36.3 Å². The molecule has 0 unspecified atom stereocenters.